The van der Waals surface area contributed by atoms with Gasteiger partial charge >= 0.3 is 0 Å². The second-order valence-electron chi connectivity index (χ2n) is 5.31. The Balaban J connectivity index is 1.91. The van der Waals surface area contributed by atoms with Gasteiger partial charge in [0.05, 0.1) is 11.3 Å². The van der Waals surface area contributed by atoms with E-state index in [1.54, 1.807) is 0 Å². The molecule has 1 saturated heterocycles. The summed E-state index contributed by atoms with van der Waals surface area (Å²) in [6, 6.07) is 0.291. The lowest BCUT2D eigenvalue weighted by atomic mass is 10.0. The number of anilines is 1. The molecule has 5 nitrogen and oxygen atoms in total. The number of aromatic nitrogens is 1. The predicted molar refractivity (Wildman–Crippen MR) is 83.6 cm³/mol. The minimum Gasteiger partial charge on any atom is -0.378 e. The van der Waals surface area contributed by atoms with E-state index in [9.17, 15) is 4.79 Å². The van der Waals surface area contributed by atoms with E-state index in [1.165, 1.54) is 18.0 Å². The average Bonchev–Trinajstić information content (AvgIpc) is 2.82. The highest BCUT2D eigenvalue weighted by Gasteiger charge is 2.23. The van der Waals surface area contributed by atoms with Crippen molar-refractivity contribution in [2.24, 2.45) is 0 Å². The Kier molecular flexibility index (Phi) is 5.37. The van der Waals surface area contributed by atoms with Crippen LogP contribution in [0.5, 0.6) is 0 Å². The van der Waals surface area contributed by atoms with Gasteiger partial charge in [0.2, 0.25) is 0 Å². The molecular weight excluding hydrogens is 272 g/mol. The van der Waals surface area contributed by atoms with Gasteiger partial charge in [0, 0.05) is 26.2 Å². The van der Waals surface area contributed by atoms with Crippen molar-refractivity contribution in [3.8, 4) is 0 Å². The summed E-state index contributed by atoms with van der Waals surface area (Å²) >= 11 is 1.34. The number of likely N-dealkylation sites (tertiary alicyclic amines) is 1. The maximum Gasteiger partial charge on any atom is 0.256 e. The number of piperidine rings is 1. The lowest BCUT2D eigenvalue weighted by Gasteiger charge is -2.32. The predicted octanol–water partition coefficient (Wildman–Crippen LogP) is 2.10. The zero-order valence-corrected chi connectivity index (χ0v) is 13.3. The van der Waals surface area contributed by atoms with Gasteiger partial charge in [-0.25, -0.2) is 0 Å². The second kappa shape index (κ2) is 7.04. The highest BCUT2D eigenvalue weighted by Crippen LogP contribution is 2.24. The van der Waals surface area contributed by atoms with Crippen LogP contribution in [0.25, 0.3) is 0 Å². The van der Waals surface area contributed by atoms with Crippen LogP contribution in [-0.2, 0) is 0 Å². The number of carbonyl (C=O) groups is 1. The zero-order chi connectivity index (χ0) is 14.5. The molecule has 1 aliphatic rings. The first-order valence-corrected chi connectivity index (χ1v) is 8.10. The first kappa shape index (κ1) is 15.3. The zero-order valence-electron chi connectivity index (χ0n) is 12.5. The molecule has 1 fully saturated rings. The molecular formula is C14H24N4OS. The monoisotopic (exact) mass is 296 g/mol. The maximum absolute atomic E-state index is 12.4. The van der Waals surface area contributed by atoms with Crippen molar-refractivity contribution in [1.29, 1.82) is 0 Å². The van der Waals surface area contributed by atoms with Gasteiger partial charge in [-0.15, -0.1) is 0 Å². The number of aryl methyl sites for hydroxylation is 1. The average molecular weight is 296 g/mol. The van der Waals surface area contributed by atoms with E-state index in [2.05, 4.69) is 26.8 Å². The Morgan fingerprint density at radius 3 is 2.75 bits per heavy atom. The molecule has 0 aliphatic carbocycles. The molecule has 2 rings (SSSR count). The number of amides is 1. The minimum atomic E-state index is 0.00883. The fourth-order valence-electron chi connectivity index (χ4n) is 2.68. The van der Waals surface area contributed by atoms with Crippen LogP contribution in [-0.4, -0.2) is 47.9 Å². The molecule has 1 aliphatic heterocycles. The molecule has 2 N–H and O–H groups in total. The van der Waals surface area contributed by atoms with Crippen molar-refractivity contribution in [2.75, 3.05) is 32.0 Å². The van der Waals surface area contributed by atoms with Crippen molar-refractivity contribution in [3.05, 3.63) is 11.3 Å². The topological polar surface area (TPSA) is 57.3 Å². The van der Waals surface area contributed by atoms with E-state index >= 15 is 0 Å². The van der Waals surface area contributed by atoms with Crippen molar-refractivity contribution in [2.45, 2.75) is 39.2 Å². The SMILES string of the molecule is CCCN1CCC(NC(=O)c2c(C)nsc2NC)CC1. The van der Waals surface area contributed by atoms with E-state index in [1.807, 2.05) is 14.0 Å². The third kappa shape index (κ3) is 3.49. The number of nitrogens with one attached hydrogen (secondary N) is 2. The molecule has 112 valence electrons. The molecule has 1 aromatic rings. The summed E-state index contributed by atoms with van der Waals surface area (Å²) in [6.07, 6.45) is 3.27. The number of hydrogen-bond acceptors (Lipinski definition) is 5. The molecule has 6 heteroatoms. The molecule has 1 amide bonds. The Bertz CT molecular complexity index is 452. The molecule has 1 aromatic heterocycles. The Hall–Kier alpha value is -1.14. The van der Waals surface area contributed by atoms with Crippen molar-refractivity contribution >= 4 is 22.4 Å². The van der Waals surface area contributed by atoms with E-state index < -0.39 is 0 Å². The largest absolute Gasteiger partial charge is 0.378 e. The first-order valence-electron chi connectivity index (χ1n) is 7.33. The van der Waals surface area contributed by atoms with E-state index in [0.717, 1.165) is 43.2 Å². The molecule has 2 heterocycles. The standard InChI is InChI=1S/C14H24N4OS/c1-4-7-18-8-5-11(6-9-18)16-13(19)12-10(2)17-20-14(12)15-3/h11,15H,4-9H2,1-3H3,(H,16,19). The maximum atomic E-state index is 12.4. The van der Waals surface area contributed by atoms with Gasteiger partial charge in [-0.1, -0.05) is 6.92 Å². The summed E-state index contributed by atoms with van der Waals surface area (Å²) < 4.78 is 4.25. The van der Waals surface area contributed by atoms with Crippen LogP contribution in [0.2, 0.25) is 0 Å². The Morgan fingerprint density at radius 2 is 2.15 bits per heavy atom. The number of rotatable bonds is 5. The molecule has 0 radical (unpaired) electrons. The highest BCUT2D eigenvalue weighted by atomic mass is 32.1. The van der Waals surface area contributed by atoms with Crippen LogP contribution >= 0.6 is 11.5 Å². The Labute approximate surface area is 124 Å². The van der Waals surface area contributed by atoms with Crippen LogP contribution in [0.3, 0.4) is 0 Å². The van der Waals surface area contributed by atoms with Crippen molar-refractivity contribution in [1.82, 2.24) is 14.6 Å². The normalized spacial score (nSPS) is 17.1. The Morgan fingerprint density at radius 1 is 1.45 bits per heavy atom. The second-order valence-corrected chi connectivity index (χ2v) is 6.08. The molecule has 20 heavy (non-hydrogen) atoms. The van der Waals surface area contributed by atoms with Gasteiger partial charge in [0.25, 0.3) is 5.91 Å². The molecule has 0 atom stereocenters. The van der Waals surface area contributed by atoms with Crippen LogP contribution in [0, 0.1) is 6.92 Å². The summed E-state index contributed by atoms with van der Waals surface area (Å²) in [4.78, 5) is 14.9. The highest BCUT2D eigenvalue weighted by molar-refractivity contribution is 7.10. The summed E-state index contributed by atoms with van der Waals surface area (Å²) in [5, 5.41) is 7.06. The number of hydrogen-bond donors (Lipinski definition) is 2. The minimum absolute atomic E-state index is 0.00883. The van der Waals surface area contributed by atoms with E-state index in [0.29, 0.717) is 11.6 Å². The van der Waals surface area contributed by atoms with Gasteiger partial charge in [0.15, 0.2) is 0 Å². The van der Waals surface area contributed by atoms with Gasteiger partial charge in [-0.2, -0.15) is 4.37 Å². The quantitative estimate of drug-likeness (QED) is 0.873. The molecule has 0 saturated carbocycles. The number of nitrogens with zero attached hydrogens (tertiary/aromatic N) is 2. The van der Waals surface area contributed by atoms with Gasteiger partial charge < -0.3 is 15.5 Å². The third-order valence-electron chi connectivity index (χ3n) is 3.78. The van der Waals surface area contributed by atoms with E-state index in [4.69, 9.17) is 0 Å². The third-order valence-corrected chi connectivity index (χ3v) is 4.74. The van der Waals surface area contributed by atoms with Gasteiger partial charge in [-0.3, -0.25) is 4.79 Å². The van der Waals surface area contributed by atoms with Crippen LogP contribution in [0.15, 0.2) is 0 Å². The van der Waals surface area contributed by atoms with Gasteiger partial charge in [0.1, 0.15) is 5.00 Å². The fourth-order valence-corrected chi connectivity index (χ4v) is 3.42. The van der Waals surface area contributed by atoms with Crippen LogP contribution < -0.4 is 10.6 Å². The molecule has 0 bridgehead atoms. The smallest absolute Gasteiger partial charge is 0.256 e. The summed E-state index contributed by atoms with van der Waals surface area (Å²) in [7, 11) is 1.83. The molecule has 0 unspecified atom stereocenters. The molecule has 0 spiro atoms. The van der Waals surface area contributed by atoms with Crippen LogP contribution in [0.1, 0.15) is 42.2 Å². The summed E-state index contributed by atoms with van der Waals surface area (Å²) in [5.41, 5.74) is 1.51. The summed E-state index contributed by atoms with van der Waals surface area (Å²) in [6.45, 7) is 7.42. The van der Waals surface area contributed by atoms with Gasteiger partial charge in [-0.05, 0) is 44.3 Å². The first-order chi connectivity index (χ1) is 9.65. The van der Waals surface area contributed by atoms with E-state index in [-0.39, 0.29) is 5.91 Å². The fraction of sp³-hybridized carbons (Fsp3) is 0.714. The molecule has 0 aromatic carbocycles. The lowest BCUT2D eigenvalue weighted by Crippen LogP contribution is -2.44. The van der Waals surface area contributed by atoms with Crippen molar-refractivity contribution in [3.63, 3.8) is 0 Å². The summed E-state index contributed by atoms with van der Waals surface area (Å²) in [5.74, 6) is 0.00883. The number of carbonyl (C=O) groups excluding carboxylic acids is 1. The lowest BCUT2D eigenvalue weighted by molar-refractivity contribution is 0.0911. The van der Waals surface area contributed by atoms with Crippen molar-refractivity contribution < 1.29 is 4.79 Å². The van der Waals surface area contributed by atoms with Crippen LogP contribution in [0.4, 0.5) is 5.00 Å².